The molecule has 0 saturated carbocycles. The van der Waals surface area contributed by atoms with Crippen LogP contribution in [0.1, 0.15) is 41.9 Å². The first-order chi connectivity index (χ1) is 11.6. The lowest BCUT2D eigenvalue weighted by atomic mass is 10.0. The summed E-state index contributed by atoms with van der Waals surface area (Å²) in [5.41, 5.74) is 2.15. The summed E-state index contributed by atoms with van der Waals surface area (Å²) in [5, 5.41) is 2.80. The molecule has 1 heterocycles. The van der Waals surface area contributed by atoms with Crippen LogP contribution in [0.4, 0.5) is 0 Å². The van der Waals surface area contributed by atoms with Gasteiger partial charge in [0.1, 0.15) is 6.29 Å². The van der Waals surface area contributed by atoms with E-state index in [-0.39, 0.29) is 5.91 Å². The van der Waals surface area contributed by atoms with Crippen molar-refractivity contribution in [2.75, 3.05) is 0 Å². The van der Waals surface area contributed by atoms with Gasteiger partial charge in [0.2, 0.25) is 0 Å². The van der Waals surface area contributed by atoms with Gasteiger partial charge in [0.15, 0.2) is 0 Å². The molecule has 4 nitrogen and oxygen atoms in total. The van der Waals surface area contributed by atoms with Gasteiger partial charge in [-0.3, -0.25) is 9.78 Å². The average Bonchev–Trinajstić information content (AvgIpc) is 2.60. The molecule has 24 heavy (non-hydrogen) atoms. The van der Waals surface area contributed by atoms with E-state index in [2.05, 4.69) is 10.3 Å². The second kappa shape index (κ2) is 8.77. The Kier molecular flexibility index (Phi) is 6.43. The molecule has 0 aliphatic carbocycles. The Hall–Kier alpha value is -2.75. The van der Waals surface area contributed by atoms with Crippen LogP contribution >= 0.6 is 0 Å². The number of aromatic nitrogens is 1. The molecule has 4 heteroatoms. The maximum atomic E-state index is 12.5. The Morgan fingerprint density at radius 3 is 2.54 bits per heavy atom. The van der Waals surface area contributed by atoms with Crippen molar-refractivity contribution in [3.8, 4) is 0 Å². The molecule has 0 fully saturated rings. The van der Waals surface area contributed by atoms with Crippen LogP contribution in [0.5, 0.6) is 0 Å². The summed E-state index contributed by atoms with van der Waals surface area (Å²) in [4.78, 5) is 27.9. The van der Waals surface area contributed by atoms with Crippen LogP contribution in [0.15, 0.2) is 48.7 Å². The maximum Gasteiger partial charge on any atom is 0.252 e. The van der Waals surface area contributed by atoms with E-state index < -0.39 is 6.04 Å². The van der Waals surface area contributed by atoms with E-state index in [4.69, 9.17) is 0 Å². The van der Waals surface area contributed by atoms with E-state index in [9.17, 15) is 9.59 Å². The summed E-state index contributed by atoms with van der Waals surface area (Å²) in [6, 6.07) is 12.5. The van der Waals surface area contributed by atoms with Gasteiger partial charge in [-0.25, -0.2) is 0 Å². The molecular weight excluding hydrogens is 300 g/mol. The summed E-state index contributed by atoms with van der Waals surface area (Å²) in [6.07, 6.45) is 6.86. The number of carbonyl (C=O) groups excluding carboxylic acids is 2. The Morgan fingerprint density at radius 1 is 1.12 bits per heavy atom. The predicted octanol–water partition coefficient (Wildman–Crippen LogP) is 3.60. The van der Waals surface area contributed by atoms with E-state index >= 15 is 0 Å². The molecule has 0 bridgehead atoms. The van der Waals surface area contributed by atoms with Crippen molar-refractivity contribution in [1.82, 2.24) is 10.3 Å². The van der Waals surface area contributed by atoms with Gasteiger partial charge in [-0.1, -0.05) is 44.2 Å². The van der Waals surface area contributed by atoms with Crippen molar-refractivity contribution in [1.29, 1.82) is 0 Å². The van der Waals surface area contributed by atoms with E-state index in [0.717, 1.165) is 17.5 Å². The Labute approximate surface area is 142 Å². The van der Waals surface area contributed by atoms with Crippen LogP contribution in [-0.4, -0.2) is 23.2 Å². The van der Waals surface area contributed by atoms with Gasteiger partial charge < -0.3 is 10.1 Å². The van der Waals surface area contributed by atoms with Crippen LogP contribution in [-0.2, 0) is 4.79 Å². The van der Waals surface area contributed by atoms with Gasteiger partial charge in [0.05, 0.1) is 11.7 Å². The molecule has 2 aromatic rings. The Morgan fingerprint density at radius 2 is 1.88 bits per heavy atom. The molecule has 2 rings (SSSR count). The minimum absolute atomic E-state index is 0.242. The van der Waals surface area contributed by atoms with Gasteiger partial charge in [-0.05, 0) is 42.2 Å². The number of hydrogen-bond acceptors (Lipinski definition) is 3. The fourth-order valence-electron chi connectivity index (χ4n) is 2.40. The third kappa shape index (κ3) is 5.16. The molecule has 124 valence electrons. The van der Waals surface area contributed by atoms with Crippen LogP contribution in [0.2, 0.25) is 0 Å². The van der Waals surface area contributed by atoms with Crippen LogP contribution < -0.4 is 5.32 Å². The van der Waals surface area contributed by atoms with Crippen molar-refractivity contribution >= 4 is 24.3 Å². The molecule has 1 unspecified atom stereocenters. The van der Waals surface area contributed by atoms with Gasteiger partial charge in [-0.15, -0.1) is 0 Å². The maximum absolute atomic E-state index is 12.5. The number of pyridine rings is 1. The molecule has 0 radical (unpaired) electrons. The standard InChI is InChI=1S/C20H22N2O2/c1-15(2)13-18(14-23)22-20(24)19-9-4-3-7-16(19)10-11-17-8-5-6-12-21-17/h3-12,14-15,18H,13H2,1-2H3,(H,22,24). The van der Waals surface area contributed by atoms with E-state index in [1.807, 2.05) is 62.4 Å². The van der Waals surface area contributed by atoms with E-state index in [1.165, 1.54) is 0 Å². The highest BCUT2D eigenvalue weighted by atomic mass is 16.2. The summed E-state index contributed by atoms with van der Waals surface area (Å²) in [7, 11) is 0. The van der Waals surface area contributed by atoms with Crippen molar-refractivity contribution in [2.45, 2.75) is 26.3 Å². The zero-order valence-corrected chi connectivity index (χ0v) is 14.0. The first kappa shape index (κ1) is 17.6. The molecule has 0 aliphatic rings. The number of rotatable bonds is 7. The van der Waals surface area contributed by atoms with E-state index in [0.29, 0.717) is 17.9 Å². The van der Waals surface area contributed by atoms with Gasteiger partial charge in [0, 0.05) is 11.8 Å². The number of carbonyl (C=O) groups is 2. The zero-order valence-electron chi connectivity index (χ0n) is 14.0. The van der Waals surface area contributed by atoms with Gasteiger partial charge >= 0.3 is 0 Å². The third-order valence-corrected chi connectivity index (χ3v) is 3.53. The first-order valence-corrected chi connectivity index (χ1v) is 8.04. The van der Waals surface area contributed by atoms with Crippen molar-refractivity contribution < 1.29 is 9.59 Å². The van der Waals surface area contributed by atoms with Crippen LogP contribution in [0, 0.1) is 5.92 Å². The molecule has 0 spiro atoms. The number of benzene rings is 1. The molecule has 1 aromatic heterocycles. The number of nitrogens with one attached hydrogen (secondary N) is 1. The summed E-state index contributed by atoms with van der Waals surface area (Å²) in [6.45, 7) is 4.04. The topological polar surface area (TPSA) is 59.1 Å². The van der Waals surface area contributed by atoms with Crippen LogP contribution in [0.25, 0.3) is 12.2 Å². The molecule has 1 aromatic carbocycles. The summed E-state index contributed by atoms with van der Waals surface area (Å²) in [5.74, 6) is 0.0915. The predicted molar refractivity (Wildman–Crippen MR) is 96.4 cm³/mol. The zero-order chi connectivity index (χ0) is 17.4. The van der Waals surface area contributed by atoms with E-state index in [1.54, 1.807) is 12.3 Å². The molecule has 1 amide bonds. The monoisotopic (exact) mass is 322 g/mol. The summed E-state index contributed by atoms with van der Waals surface area (Å²) >= 11 is 0. The SMILES string of the molecule is CC(C)CC(C=O)NC(=O)c1ccccc1C=Cc1ccccn1. The van der Waals surface area contributed by atoms with Crippen molar-refractivity contribution in [2.24, 2.45) is 5.92 Å². The lowest BCUT2D eigenvalue weighted by Gasteiger charge is -2.15. The first-order valence-electron chi connectivity index (χ1n) is 8.04. The number of amides is 1. The lowest BCUT2D eigenvalue weighted by molar-refractivity contribution is -0.109. The minimum Gasteiger partial charge on any atom is -0.343 e. The van der Waals surface area contributed by atoms with Crippen molar-refractivity contribution in [3.63, 3.8) is 0 Å². The third-order valence-electron chi connectivity index (χ3n) is 3.53. The highest BCUT2D eigenvalue weighted by molar-refractivity contribution is 5.99. The average molecular weight is 322 g/mol. The number of aldehydes is 1. The highest BCUT2D eigenvalue weighted by Gasteiger charge is 2.15. The van der Waals surface area contributed by atoms with Gasteiger partial charge in [0.25, 0.3) is 5.91 Å². The number of hydrogen-bond donors (Lipinski definition) is 1. The molecule has 1 N–H and O–H groups in total. The quantitative estimate of drug-likeness (QED) is 0.792. The minimum atomic E-state index is -0.467. The largest absolute Gasteiger partial charge is 0.343 e. The second-order valence-electron chi connectivity index (χ2n) is 6.02. The summed E-state index contributed by atoms with van der Waals surface area (Å²) < 4.78 is 0. The lowest BCUT2D eigenvalue weighted by Crippen LogP contribution is -2.37. The number of nitrogens with zero attached hydrogens (tertiary/aromatic N) is 1. The Bertz CT molecular complexity index is 709. The smallest absolute Gasteiger partial charge is 0.252 e. The fourth-order valence-corrected chi connectivity index (χ4v) is 2.40. The molecule has 0 aliphatic heterocycles. The van der Waals surface area contributed by atoms with Gasteiger partial charge in [-0.2, -0.15) is 0 Å². The highest BCUT2D eigenvalue weighted by Crippen LogP contribution is 2.13. The van der Waals surface area contributed by atoms with Crippen molar-refractivity contribution in [3.05, 3.63) is 65.5 Å². The Balaban J connectivity index is 2.17. The molecule has 1 atom stereocenters. The molecular formula is C20H22N2O2. The normalized spacial score (nSPS) is 12.3. The second-order valence-corrected chi connectivity index (χ2v) is 6.02. The molecule has 0 saturated heterocycles. The van der Waals surface area contributed by atoms with Crippen LogP contribution in [0.3, 0.4) is 0 Å². The fraction of sp³-hybridized carbons (Fsp3) is 0.250.